The molecule has 3 nitrogen and oxygen atoms in total. The Bertz CT molecular complexity index is 340. The molecule has 0 N–H and O–H groups in total. The van der Waals surface area contributed by atoms with Crippen LogP contribution in [0.3, 0.4) is 0 Å². The van der Waals surface area contributed by atoms with E-state index in [0.717, 1.165) is 18.7 Å². The molecule has 0 radical (unpaired) electrons. The predicted molar refractivity (Wildman–Crippen MR) is 70.7 cm³/mol. The Morgan fingerprint density at radius 2 is 1.71 bits per heavy atom. The molecular formula is C14H23NO2. The van der Waals surface area contributed by atoms with Crippen LogP contribution < -0.4 is 4.74 Å². The summed E-state index contributed by atoms with van der Waals surface area (Å²) in [4.78, 5) is 2.16. The number of methoxy groups -OCH3 is 2. The molecule has 0 aromatic heterocycles. The van der Waals surface area contributed by atoms with Gasteiger partial charge in [-0.25, -0.2) is 0 Å². The summed E-state index contributed by atoms with van der Waals surface area (Å²) in [6.07, 6.45) is 1.03. The molecule has 0 fully saturated rings. The first kappa shape index (κ1) is 14.0. The van der Waals surface area contributed by atoms with Gasteiger partial charge in [-0.3, -0.25) is 4.90 Å². The molecule has 0 spiro atoms. The van der Waals surface area contributed by atoms with Crippen molar-refractivity contribution in [1.29, 1.82) is 0 Å². The van der Waals surface area contributed by atoms with E-state index in [1.165, 1.54) is 16.7 Å². The summed E-state index contributed by atoms with van der Waals surface area (Å²) < 4.78 is 10.4. The molecule has 0 unspecified atom stereocenters. The Balaban J connectivity index is 2.67. The molecular weight excluding hydrogens is 214 g/mol. The Labute approximate surface area is 104 Å². The lowest BCUT2D eigenvalue weighted by atomic mass is 10.0. The highest BCUT2D eigenvalue weighted by Gasteiger charge is 2.06. The minimum Gasteiger partial charge on any atom is -0.496 e. The first-order valence-electron chi connectivity index (χ1n) is 5.90. The third-order valence-electron chi connectivity index (χ3n) is 2.86. The Morgan fingerprint density at radius 3 is 2.18 bits per heavy atom. The van der Waals surface area contributed by atoms with Gasteiger partial charge in [0.1, 0.15) is 5.75 Å². The highest BCUT2D eigenvalue weighted by molar-refractivity contribution is 5.43. The van der Waals surface area contributed by atoms with Crippen molar-refractivity contribution in [3.63, 3.8) is 0 Å². The highest BCUT2D eigenvalue weighted by Crippen LogP contribution is 2.24. The molecule has 3 heteroatoms. The van der Waals surface area contributed by atoms with Crippen molar-refractivity contribution in [3.05, 3.63) is 28.8 Å². The molecule has 0 saturated carbocycles. The van der Waals surface area contributed by atoms with E-state index in [9.17, 15) is 0 Å². The van der Waals surface area contributed by atoms with Crippen molar-refractivity contribution < 1.29 is 9.47 Å². The van der Waals surface area contributed by atoms with Crippen LogP contribution in [0.25, 0.3) is 0 Å². The van der Waals surface area contributed by atoms with Gasteiger partial charge in [0, 0.05) is 13.7 Å². The monoisotopic (exact) mass is 237 g/mol. The van der Waals surface area contributed by atoms with Crippen molar-refractivity contribution in [2.45, 2.75) is 20.3 Å². The second kappa shape index (κ2) is 6.62. The van der Waals surface area contributed by atoms with E-state index in [1.807, 2.05) is 0 Å². The molecule has 1 aromatic carbocycles. The normalized spacial score (nSPS) is 10.9. The summed E-state index contributed by atoms with van der Waals surface area (Å²) in [5.74, 6) is 0.999. The maximum atomic E-state index is 5.36. The van der Waals surface area contributed by atoms with E-state index in [-0.39, 0.29) is 0 Å². The number of hydrogen-bond donors (Lipinski definition) is 0. The third-order valence-corrected chi connectivity index (χ3v) is 2.86. The molecule has 96 valence electrons. The molecule has 1 aromatic rings. The third kappa shape index (κ3) is 4.02. The Hall–Kier alpha value is -1.06. The largest absolute Gasteiger partial charge is 0.496 e. The maximum absolute atomic E-state index is 5.36. The van der Waals surface area contributed by atoms with Crippen LogP contribution in [0.4, 0.5) is 0 Å². The van der Waals surface area contributed by atoms with Crippen molar-refractivity contribution in [2.75, 3.05) is 34.5 Å². The van der Waals surface area contributed by atoms with E-state index in [4.69, 9.17) is 9.47 Å². The van der Waals surface area contributed by atoms with Gasteiger partial charge in [-0.05, 0) is 44.0 Å². The fourth-order valence-electron chi connectivity index (χ4n) is 2.11. The predicted octanol–water partition coefficient (Wildman–Crippen LogP) is 2.39. The summed E-state index contributed by atoms with van der Waals surface area (Å²) in [5.41, 5.74) is 3.76. The van der Waals surface area contributed by atoms with Gasteiger partial charge in [-0.15, -0.1) is 0 Å². The fraction of sp³-hybridized carbons (Fsp3) is 0.571. The van der Waals surface area contributed by atoms with Gasteiger partial charge in [0.2, 0.25) is 0 Å². The van der Waals surface area contributed by atoms with Gasteiger partial charge in [0.25, 0.3) is 0 Å². The van der Waals surface area contributed by atoms with Crippen LogP contribution in [0.5, 0.6) is 5.75 Å². The number of likely N-dealkylation sites (N-methyl/N-ethyl adjacent to an activating group) is 1. The minimum atomic E-state index is 0.675. The molecule has 0 bridgehead atoms. The first-order valence-corrected chi connectivity index (χ1v) is 5.90. The number of hydrogen-bond acceptors (Lipinski definition) is 3. The number of nitrogens with zero attached hydrogens (tertiary/aromatic N) is 1. The zero-order chi connectivity index (χ0) is 12.8. The van der Waals surface area contributed by atoms with Crippen LogP contribution >= 0.6 is 0 Å². The summed E-state index contributed by atoms with van der Waals surface area (Å²) >= 11 is 0. The number of benzene rings is 1. The zero-order valence-corrected chi connectivity index (χ0v) is 11.5. The Kier molecular flexibility index (Phi) is 5.45. The lowest BCUT2D eigenvalue weighted by molar-refractivity contribution is 0.0827. The van der Waals surface area contributed by atoms with E-state index in [1.54, 1.807) is 14.2 Å². The molecule has 17 heavy (non-hydrogen) atoms. The van der Waals surface area contributed by atoms with Crippen molar-refractivity contribution in [3.8, 4) is 5.75 Å². The lowest BCUT2D eigenvalue weighted by Gasteiger charge is -2.16. The van der Waals surface area contributed by atoms with Gasteiger partial charge in [0.05, 0.1) is 13.8 Å². The van der Waals surface area contributed by atoms with Gasteiger partial charge in [-0.1, -0.05) is 12.1 Å². The average molecular weight is 237 g/mol. The number of aryl methyl sites for hydroxylation is 2. The summed E-state index contributed by atoms with van der Waals surface area (Å²) in [6.45, 7) is 5.86. The van der Waals surface area contributed by atoms with Gasteiger partial charge >= 0.3 is 0 Å². The van der Waals surface area contributed by atoms with Crippen LogP contribution in [-0.4, -0.2) is 39.4 Å². The fourth-order valence-corrected chi connectivity index (χ4v) is 2.11. The quantitative estimate of drug-likeness (QED) is 0.709. The highest BCUT2D eigenvalue weighted by atomic mass is 16.5. The van der Waals surface area contributed by atoms with Gasteiger partial charge in [0.15, 0.2) is 0 Å². The van der Waals surface area contributed by atoms with E-state index >= 15 is 0 Å². The summed E-state index contributed by atoms with van der Waals surface area (Å²) in [5, 5.41) is 0. The van der Waals surface area contributed by atoms with Crippen molar-refractivity contribution >= 4 is 0 Å². The molecule has 0 saturated heterocycles. The van der Waals surface area contributed by atoms with Crippen molar-refractivity contribution in [1.82, 2.24) is 4.90 Å². The standard InChI is InChI=1S/C14H23NO2/c1-11-8-13(6-7-15(3)10-16-4)9-12(2)14(11)17-5/h8-9H,6-7,10H2,1-5H3. The first-order chi connectivity index (χ1) is 8.08. The number of rotatable bonds is 6. The van der Waals surface area contributed by atoms with E-state index in [0.29, 0.717) is 6.73 Å². The lowest BCUT2D eigenvalue weighted by Crippen LogP contribution is -2.23. The maximum Gasteiger partial charge on any atom is 0.124 e. The van der Waals surface area contributed by atoms with Crippen LogP contribution in [0.15, 0.2) is 12.1 Å². The van der Waals surface area contributed by atoms with Crippen LogP contribution in [0.1, 0.15) is 16.7 Å². The smallest absolute Gasteiger partial charge is 0.124 e. The molecule has 0 aliphatic rings. The average Bonchev–Trinajstić information content (AvgIpc) is 2.26. The zero-order valence-electron chi connectivity index (χ0n) is 11.5. The topological polar surface area (TPSA) is 21.7 Å². The van der Waals surface area contributed by atoms with Crippen LogP contribution in [0.2, 0.25) is 0 Å². The Morgan fingerprint density at radius 1 is 1.12 bits per heavy atom. The molecule has 0 atom stereocenters. The van der Waals surface area contributed by atoms with Crippen LogP contribution in [0, 0.1) is 13.8 Å². The van der Waals surface area contributed by atoms with Crippen LogP contribution in [-0.2, 0) is 11.2 Å². The molecule has 0 aliphatic carbocycles. The molecule has 1 rings (SSSR count). The van der Waals surface area contributed by atoms with Gasteiger partial charge in [-0.2, -0.15) is 0 Å². The SMILES string of the molecule is COCN(C)CCc1cc(C)c(OC)c(C)c1. The molecule has 0 heterocycles. The molecule has 0 aliphatic heterocycles. The molecule has 0 amide bonds. The second-order valence-corrected chi connectivity index (χ2v) is 4.51. The summed E-state index contributed by atoms with van der Waals surface area (Å²) in [6, 6.07) is 4.40. The second-order valence-electron chi connectivity index (χ2n) is 4.51. The number of ether oxygens (including phenoxy) is 2. The van der Waals surface area contributed by atoms with Gasteiger partial charge < -0.3 is 9.47 Å². The summed E-state index contributed by atoms with van der Waals surface area (Å²) in [7, 11) is 5.51. The van der Waals surface area contributed by atoms with E-state index in [2.05, 4.69) is 37.9 Å². The van der Waals surface area contributed by atoms with Crippen molar-refractivity contribution in [2.24, 2.45) is 0 Å². The van der Waals surface area contributed by atoms with E-state index < -0.39 is 0 Å². The minimum absolute atomic E-state index is 0.675.